The van der Waals surface area contributed by atoms with Gasteiger partial charge in [-0.15, -0.1) is 5.10 Å². The second kappa shape index (κ2) is 6.88. The Morgan fingerprint density at radius 1 is 1.15 bits per heavy atom. The van der Waals surface area contributed by atoms with Crippen LogP contribution in [-0.2, 0) is 10.8 Å². The van der Waals surface area contributed by atoms with Crippen LogP contribution in [0.25, 0.3) is 28.2 Å². The number of halogens is 2. The fraction of sp³-hybridized carbons (Fsp3) is 0.118. The predicted molar refractivity (Wildman–Crippen MR) is 93.3 cm³/mol. The number of nitrogens with zero attached hydrogens (tertiary/aromatic N) is 4. The van der Waals surface area contributed by atoms with E-state index in [0.29, 0.717) is 5.56 Å². The van der Waals surface area contributed by atoms with Gasteiger partial charge in [0, 0.05) is 17.5 Å². The third kappa shape index (κ3) is 3.43. The van der Waals surface area contributed by atoms with Crippen molar-refractivity contribution in [1.82, 2.24) is 19.7 Å². The fourth-order valence-electron chi connectivity index (χ4n) is 2.58. The number of imidazole rings is 1. The average molecular weight is 390 g/mol. The first kappa shape index (κ1) is 17.3. The number of hydrogen-bond acceptors (Lipinski definition) is 6. The quantitative estimate of drug-likeness (QED) is 0.519. The van der Waals surface area contributed by atoms with Crippen molar-refractivity contribution in [2.75, 3.05) is 6.26 Å². The summed E-state index contributed by atoms with van der Waals surface area (Å²) in [5.74, 6) is 0.320. The maximum Gasteiger partial charge on any atom is 0.387 e. The first-order chi connectivity index (χ1) is 13.0. The van der Waals surface area contributed by atoms with Gasteiger partial charge in [0.05, 0.1) is 11.0 Å². The largest absolute Gasteiger partial charge is 0.435 e. The molecule has 1 atom stereocenters. The number of rotatable bonds is 5. The van der Waals surface area contributed by atoms with E-state index in [1.54, 1.807) is 35.2 Å². The molecule has 4 rings (SSSR count). The Hall–Kier alpha value is -3.14. The Labute approximate surface area is 154 Å². The predicted octanol–water partition coefficient (Wildman–Crippen LogP) is 3.41. The molecule has 0 bridgehead atoms. The topological polar surface area (TPSA) is 83.0 Å². The Morgan fingerprint density at radius 2 is 1.93 bits per heavy atom. The second-order valence-electron chi connectivity index (χ2n) is 5.52. The summed E-state index contributed by atoms with van der Waals surface area (Å²) in [7, 11) is -1.37. The monoisotopic (exact) mass is 390 g/mol. The van der Waals surface area contributed by atoms with E-state index in [9.17, 15) is 13.0 Å². The first-order valence-corrected chi connectivity index (χ1v) is 9.27. The molecule has 2 aromatic carbocycles. The van der Waals surface area contributed by atoms with Crippen LogP contribution < -0.4 is 4.74 Å². The van der Waals surface area contributed by atoms with Crippen molar-refractivity contribution in [1.29, 1.82) is 0 Å². The average Bonchev–Trinajstić information content (AvgIpc) is 3.29. The third-order valence-corrected chi connectivity index (χ3v) is 4.44. The summed E-state index contributed by atoms with van der Waals surface area (Å²) in [6.07, 6.45) is 3.08. The van der Waals surface area contributed by atoms with Crippen LogP contribution in [0.15, 0.2) is 58.4 Å². The summed E-state index contributed by atoms with van der Waals surface area (Å²) in [6, 6.07) is 11.6. The molecule has 2 heterocycles. The van der Waals surface area contributed by atoms with E-state index in [4.69, 9.17) is 4.42 Å². The number of fused-ring (bicyclic) bond motifs is 1. The van der Waals surface area contributed by atoms with Crippen molar-refractivity contribution in [3.8, 4) is 22.9 Å². The van der Waals surface area contributed by atoms with Crippen LogP contribution in [0.5, 0.6) is 5.75 Å². The van der Waals surface area contributed by atoms with E-state index >= 15 is 0 Å². The Kier molecular flexibility index (Phi) is 4.40. The van der Waals surface area contributed by atoms with Crippen LogP contribution in [0.4, 0.5) is 8.78 Å². The van der Waals surface area contributed by atoms with Crippen LogP contribution in [-0.4, -0.2) is 36.8 Å². The van der Waals surface area contributed by atoms with Crippen molar-refractivity contribution in [3.05, 3.63) is 48.8 Å². The molecule has 0 fully saturated rings. The van der Waals surface area contributed by atoms with Crippen LogP contribution in [0.1, 0.15) is 0 Å². The van der Waals surface area contributed by atoms with Gasteiger partial charge in [-0.1, -0.05) is 5.10 Å². The smallest absolute Gasteiger partial charge is 0.387 e. The van der Waals surface area contributed by atoms with Crippen molar-refractivity contribution >= 4 is 21.8 Å². The third-order valence-electron chi connectivity index (χ3n) is 3.79. The molecule has 0 radical (unpaired) electrons. The lowest BCUT2D eigenvalue weighted by atomic mass is 10.2. The Bertz CT molecular complexity index is 1120. The highest BCUT2D eigenvalue weighted by Gasteiger charge is 2.13. The van der Waals surface area contributed by atoms with Crippen LogP contribution in [0.2, 0.25) is 0 Å². The zero-order chi connectivity index (χ0) is 19.0. The molecule has 0 aliphatic carbocycles. The van der Waals surface area contributed by atoms with Crippen LogP contribution in [0.3, 0.4) is 0 Å². The molecule has 0 aliphatic heterocycles. The summed E-state index contributed by atoms with van der Waals surface area (Å²) in [5.41, 5.74) is 2.85. The van der Waals surface area contributed by atoms with Gasteiger partial charge < -0.3 is 9.15 Å². The van der Waals surface area contributed by atoms with E-state index in [1.807, 2.05) is 6.07 Å². The molecule has 4 aromatic rings. The highest BCUT2D eigenvalue weighted by atomic mass is 32.2. The van der Waals surface area contributed by atoms with E-state index in [1.165, 1.54) is 18.4 Å². The number of ether oxygens (including phenoxy) is 1. The fourth-order valence-corrected chi connectivity index (χ4v) is 2.93. The maximum absolute atomic E-state index is 12.3. The molecular formula is C17H12F2N4O3S. The SMILES string of the molecule is CS(=O)c1nnc(-c2ccc3ncn(-c4ccc(OC(F)F)cc4)c3c2)o1. The summed E-state index contributed by atoms with van der Waals surface area (Å²) in [6.45, 7) is -2.87. The van der Waals surface area contributed by atoms with E-state index in [2.05, 4.69) is 19.9 Å². The summed E-state index contributed by atoms with van der Waals surface area (Å²) in [5, 5.41) is 7.72. The lowest BCUT2D eigenvalue weighted by Gasteiger charge is -2.07. The van der Waals surface area contributed by atoms with E-state index in [-0.39, 0.29) is 16.9 Å². The standard InChI is InChI=1S/C17H12F2N4O3S/c1-27(24)17-22-21-15(26-17)10-2-7-13-14(8-10)23(9-20-13)11-3-5-12(6-4-11)25-16(18)19/h2-9,16H,1H3. The Morgan fingerprint density at radius 3 is 2.59 bits per heavy atom. The van der Waals surface area contributed by atoms with Crippen LogP contribution in [0, 0.1) is 0 Å². The minimum absolute atomic E-state index is 0.0493. The molecule has 10 heteroatoms. The van der Waals surface area contributed by atoms with Gasteiger partial charge in [-0.25, -0.2) is 9.19 Å². The van der Waals surface area contributed by atoms with Crippen LogP contribution >= 0.6 is 0 Å². The van der Waals surface area contributed by atoms with Crippen molar-refractivity contribution in [3.63, 3.8) is 0 Å². The van der Waals surface area contributed by atoms with Gasteiger partial charge in [0.15, 0.2) is 0 Å². The summed E-state index contributed by atoms with van der Waals surface area (Å²) in [4.78, 5) is 4.33. The number of benzene rings is 2. The highest BCUT2D eigenvalue weighted by molar-refractivity contribution is 7.84. The highest BCUT2D eigenvalue weighted by Crippen LogP contribution is 2.26. The molecule has 0 N–H and O–H groups in total. The minimum atomic E-state index is -2.87. The molecule has 0 spiro atoms. The van der Waals surface area contributed by atoms with Crippen molar-refractivity contribution in [2.45, 2.75) is 11.8 Å². The van der Waals surface area contributed by atoms with Gasteiger partial charge in [-0.3, -0.25) is 4.57 Å². The van der Waals surface area contributed by atoms with Crippen molar-refractivity contribution < 1.29 is 22.1 Å². The van der Waals surface area contributed by atoms with E-state index < -0.39 is 17.4 Å². The lowest BCUT2D eigenvalue weighted by Crippen LogP contribution is -2.02. The molecular weight excluding hydrogens is 378 g/mol. The number of alkyl halides is 2. The van der Waals surface area contributed by atoms with Gasteiger partial charge >= 0.3 is 11.8 Å². The van der Waals surface area contributed by atoms with Gasteiger partial charge in [0.1, 0.15) is 22.9 Å². The second-order valence-corrected chi connectivity index (χ2v) is 6.78. The number of aromatic nitrogens is 4. The lowest BCUT2D eigenvalue weighted by molar-refractivity contribution is -0.0498. The minimum Gasteiger partial charge on any atom is -0.435 e. The Balaban J connectivity index is 1.72. The first-order valence-electron chi connectivity index (χ1n) is 7.71. The van der Waals surface area contributed by atoms with Gasteiger partial charge in [-0.2, -0.15) is 8.78 Å². The van der Waals surface area contributed by atoms with Crippen molar-refractivity contribution in [2.24, 2.45) is 0 Å². The normalized spacial score (nSPS) is 12.6. The molecule has 138 valence electrons. The van der Waals surface area contributed by atoms with E-state index in [0.717, 1.165) is 16.7 Å². The molecule has 7 nitrogen and oxygen atoms in total. The molecule has 0 amide bonds. The zero-order valence-electron chi connectivity index (χ0n) is 13.9. The molecule has 0 aliphatic rings. The maximum atomic E-state index is 12.3. The summed E-state index contributed by atoms with van der Waals surface area (Å²) < 4.78 is 47.6. The van der Waals surface area contributed by atoms with Gasteiger partial charge in [0.25, 0.3) is 0 Å². The molecule has 2 aromatic heterocycles. The van der Waals surface area contributed by atoms with Gasteiger partial charge in [0.2, 0.25) is 5.89 Å². The number of hydrogen-bond donors (Lipinski definition) is 0. The van der Waals surface area contributed by atoms with Gasteiger partial charge in [-0.05, 0) is 42.5 Å². The molecule has 0 saturated carbocycles. The molecule has 0 saturated heterocycles. The molecule has 1 unspecified atom stereocenters. The zero-order valence-corrected chi connectivity index (χ0v) is 14.7. The molecule has 27 heavy (non-hydrogen) atoms. The summed E-state index contributed by atoms with van der Waals surface area (Å²) >= 11 is 0.